The first-order valence-corrected chi connectivity index (χ1v) is 6.02. The summed E-state index contributed by atoms with van der Waals surface area (Å²) in [6, 6.07) is 6.35. The summed E-state index contributed by atoms with van der Waals surface area (Å²) in [5, 5.41) is 19.1. The molecule has 0 atom stereocenters. The second kappa shape index (κ2) is 6.12. The highest BCUT2D eigenvalue weighted by atomic mass is 19.1. The van der Waals surface area contributed by atoms with Gasteiger partial charge in [-0.15, -0.1) is 0 Å². The molecule has 0 aromatic heterocycles. The van der Waals surface area contributed by atoms with Crippen molar-refractivity contribution in [3.8, 4) is 0 Å². The van der Waals surface area contributed by atoms with Gasteiger partial charge in [-0.2, -0.15) is 0 Å². The number of hydrogen-bond donors (Lipinski definition) is 2. The lowest BCUT2D eigenvalue weighted by molar-refractivity contribution is 0.102. The van der Waals surface area contributed by atoms with Crippen molar-refractivity contribution in [1.82, 2.24) is 0 Å². The standard InChI is InChI=1S/C14H21FO2/c1-11(2)7-8-14(9-16,10-17)12-5-3-4-6-13(12)15/h3-6,11,16-17H,7-10H2,1-2H3. The second-order valence-electron chi connectivity index (χ2n) is 5.01. The van der Waals surface area contributed by atoms with Gasteiger partial charge in [-0.25, -0.2) is 4.39 Å². The lowest BCUT2D eigenvalue weighted by Crippen LogP contribution is -2.36. The Kier molecular flexibility index (Phi) is 5.09. The molecule has 0 aliphatic rings. The van der Waals surface area contributed by atoms with Gasteiger partial charge in [-0.3, -0.25) is 0 Å². The third kappa shape index (κ3) is 3.27. The van der Waals surface area contributed by atoms with Gasteiger partial charge in [0.2, 0.25) is 0 Å². The van der Waals surface area contributed by atoms with Crippen LogP contribution in [0, 0.1) is 11.7 Å². The predicted octanol–water partition coefficient (Wildman–Crippen LogP) is 2.48. The lowest BCUT2D eigenvalue weighted by atomic mass is 9.76. The first-order valence-electron chi connectivity index (χ1n) is 6.02. The van der Waals surface area contributed by atoms with E-state index in [2.05, 4.69) is 13.8 Å². The Bertz CT molecular complexity index is 346. The SMILES string of the molecule is CC(C)CCC(CO)(CO)c1ccccc1F. The van der Waals surface area contributed by atoms with E-state index in [9.17, 15) is 14.6 Å². The minimum atomic E-state index is -0.865. The smallest absolute Gasteiger partial charge is 0.127 e. The molecule has 2 nitrogen and oxygen atoms in total. The van der Waals surface area contributed by atoms with Gasteiger partial charge in [0, 0.05) is 5.41 Å². The number of rotatable bonds is 6. The molecule has 0 heterocycles. The van der Waals surface area contributed by atoms with Gasteiger partial charge < -0.3 is 10.2 Å². The summed E-state index contributed by atoms with van der Waals surface area (Å²) in [6.45, 7) is 3.66. The van der Waals surface area contributed by atoms with E-state index in [0.717, 1.165) is 6.42 Å². The van der Waals surface area contributed by atoms with E-state index in [4.69, 9.17) is 0 Å². The van der Waals surface area contributed by atoms with Crippen LogP contribution in [0.15, 0.2) is 24.3 Å². The van der Waals surface area contributed by atoms with E-state index < -0.39 is 5.41 Å². The average Bonchev–Trinajstić information content (AvgIpc) is 2.32. The maximum Gasteiger partial charge on any atom is 0.127 e. The third-order valence-corrected chi connectivity index (χ3v) is 3.25. The van der Waals surface area contributed by atoms with Crippen molar-refractivity contribution in [2.24, 2.45) is 5.92 Å². The van der Waals surface area contributed by atoms with Gasteiger partial charge in [0.25, 0.3) is 0 Å². The summed E-state index contributed by atoms with van der Waals surface area (Å²) in [6.07, 6.45) is 1.42. The zero-order valence-corrected chi connectivity index (χ0v) is 10.5. The molecule has 2 N–H and O–H groups in total. The molecule has 96 valence electrons. The number of benzene rings is 1. The highest BCUT2D eigenvalue weighted by molar-refractivity contribution is 5.27. The summed E-state index contributed by atoms with van der Waals surface area (Å²) in [5.41, 5.74) is -0.457. The Morgan fingerprint density at radius 3 is 2.24 bits per heavy atom. The molecule has 0 radical (unpaired) electrons. The van der Waals surface area contributed by atoms with Crippen molar-refractivity contribution in [3.63, 3.8) is 0 Å². The summed E-state index contributed by atoms with van der Waals surface area (Å²) < 4.78 is 13.8. The summed E-state index contributed by atoms with van der Waals surface area (Å²) in [4.78, 5) is 0. The maximum absolute atomic E-state index is 13.8. The monoisotopic (exact) mass is 240 g/mol. The molecule has 0 saturated heterocycles. The number of halogens is 1. The van der Waals surface area contributed by atoms with Crippen LogP contribution < -0.4 is 0 Å². The molecule has 17 heavy (non-hydrogen) atoms. The largest absolute Gasteiger partial charge is 0.395 e. The van der Waals surface area contributed by atoms with Gasteiger partial charge in [0.1, 0.15) is 5.82 Å². The zero-order valence-electron chi connectivity index (χ0n) is 10.5. The van der Waals surface area contributed by atoms with Crippen LogP contribution >= 0.6 is 0 Å². The van der Waals surface area contributed by atoms with E-state index in [1.54, 1.807) is 18.2 Å². The van der Waals surface area contributed by atoms with Gasteiger partial charge in [0.15, 0.2) is 0 Å². The zero-order chi connectivity index (χ0) is 12.9. The Balaban J connectivity index is 3.02. The topological polar surface area (TPSA) is 40.5 Å². The van der Waals surface area contributed by atoms with Crippen molar-refractivity contribution in [1.29, 1.82) is 0 Å². The van der Waals surface area contributed by atoms with Crippen LogP contribution in [0.5, 0.6) is 0 Å². The molecule has 3 heteroatoms. The predicted molar refractivity (Wildman–Crippen MR) is 66.3 cm³/mol. The van der Waals surface area contributed by atoms with E-state index in [-0.39, 0.29) is 19.0 Å². The van der Waals surface area contributed by atoms with Crippen LogP contribution in [-0.2, 0) is 5.41 Å². The molecule has 0 fully saturated rings. The summed E-state index contributed by atoms with van der Waals surface area (Å²) in [5.74, 6) is 0.0959. The van der Waals surface area contributed by atoms with Crippen molar-refractivity contribution in [2.75, 3.05) is 13.2 Å². The fourth-order valence-corrected chi connectivity index (χ4v) is 1.97. The third-order valence-electron chi connectivity index (χ3n) is 3.25. The normalized spacial score (nSPS) is 12.1. The van der Waals surface area contributed by atoms with Crippen LogP contribution in [-0.4, -0.2) is 23.4 Å². The first-order chi connectivity index (χ1) is 8.05. The van der Waals surface area contributed by atoms with E-state index >= 15 is 0 Å². The van der Waals surface area contributed by atoms with Gasteiger partial charge in [-0.1, -0.05) is 32.0 Å². The molecule has 1 aromatic carbocycles. The molecule has 0 bridgehead atoms. The van der Waals surface area contributed by atoms with Gasteiger partial charge in [-0.05, 0) is 30.4 Å². The molecule has 0 amide bonds. The van der Waals surface area contributed by atoms with Gasteiger partial charge in [0.05, 0.1) is 13.2 Å². The molecule has 0 spiro atoms. The average molecular weight is 240 g/mol. The van der Waals surface area contributed by atoms with E-state index in [1.807, 2.05) is 0 Å². The fourth-order valence-electron chi connectivity index (χ4n) is 1.97. The number of hydrogen-bond acceptors (Lipinski definition) is 2. The highest BCUT2D eigenvalue weighted by Crippen LogP contribution is 2.32. The minimum Gasteiger partial charge on any atom is -0.395 e. The number of aliphatic hydroxyl groups is 2. The van der Waals surface area contributed by atoms with Crippen LogP contribution in [0.3, 0.4) is 0 Å². The molecule has 1 aromatic rings. The van der Waals surface area contributed by atoms with Gasteiger partial charge >= 0.3 is 0 Å². The number of aliphatic hydroxyl groups excluding tert-OH is 2. The molecular weight excluding hydrogens is 219 g/mol. The Labute approximate surface area is 102 Å². The molecule has 0 unspecified atom stereocenters. The Morgan fingerprint density at radius 2 is 1.76 bits per heavy atom. The van der Waals surface area contributed by atoms with Crippen molar-refractivity contribution in [3.05, 3.63) is 35.6 Å². The molecule has 0 aliphatic heterocycles. The first kappa shape index (κ1) is 14.1. The molecular formula is C14H21FO2. The van der Waals surface area contributed by atoms with E-state index in [1.165, 1.54) is 6.07 Å². The Morgan fingerprint density at radius 1 is 1.18 bits per heavy atom. The lowest BCUT2D eigenvalue weighted by Gasteiger charge is -2.31. The molecule has 0 saturated carbocycles. The summed E-state index contributed by atoms with van der Waals surface area (Å²) in [7, 11) is 0. The van der Waals surface area contributed by atoms with E-state index in [0.29, 0.717) is 17.9 Å². The van der Waals surface area contributed by atoms with Crippen molar-refractivity contribution >= 4 is 0 Å². The fraction of sp³-hybridized carbons (Fsp3) is 0.571. The maximum atomic E-state index is 13.8. The van der Waals surface area contributed by atoms with Crippen LogP contribution in [0.25, 0.3) is 0 Å². The van der Waals surface area contributed by atoms with Crippen LogP contribution in [0.4, 0.5) is 4.39 Å². The van der Waals surface area contributed by atoms with Crippen LogP contribution in [0.2, 0.25) is 0 Å². The highest BCUT2D eigenvalue weighted by Gasteiger charge is 2.33. The van der Waals surface area contributed by atoms with Crippen LogP contribution in [0.1, 0.15) is 32.3 Å². The quantitative estimate of drug-likeness (QED) is 0.802. The van der Waals surface area contributed by atoms with Crippen molar-refractivity contribution in [2.45, 2.75) is 32.1 Å². The summed E-state index contributed by atoms with van der Waals surface area (Å²) >= 11 is 0. The van der Waals surface area contributed by atoms with Crippen molar-refractivity contribution < 1.29 is 14.6 Å². The molecule has 1 rings (SSSR count). The minimum absolute atomic E-state index is 0.239. The molecule has 0 aliphatic carbocycles. The Hall–Kier alpha value is -0.930. The second-order valence-corrected chi connectivity index (χ2v) is 5.01.